The molecule has 1 unspecified atom stereocenters. The summed E-state index contributed by atoms with van der Waals surface area (Å²) in [5, 5.41) is 5.79. The molecule has 1 aromatic rings. The lowest BCUT2D eigenvalue weighted by molar-refractivity contribution is -0.0288. The van der Waals surface area contributed by atoms with Gasteiger partial charge in [0.15, 0.2) is 0 Å². The molecule has 1 heterocycles. The molecule has 0 aliphatic carbocycles. The number of amides is 2. The van der Waals surface area contributed by atoms with Crippen molar-refractivity contribution in [2.75, 3.05) is 38.1 Å². The van der Waals surface area contributed by atoms with Gasteiger partial charge in [0, 0.05) is 31.9 Å². The largest absolute Gasteiger partial charge is 0.374 e. The zero-order valence-corrected chi connectivity index (χ0v) is 14.5. The molecule has 0 spiro atoms. The number of rotatable bonds is 6. The van der Waals surface area contributed by atoms with Crippen LogP contribution in [-0.2, 0) is 11.2 Å². The van der Waals surface area contributed by atoms with E-state index in [2.05, 4.69) is 42.4 Å². The van der Waals surface area contributed by atoms with Gasteiger partial charge >= 0.3 is 6.03 Å². The third kappa shape index (κ3) is 6.20. The summed E-state index contributed by atoms with van der Waals surface area (Å²) >= 11 is 0. The summed E-state index contributed by atoms with van der Waals surface area (Å²) in [4.78, 5) is 14.4. The molecule has 0 radical (unpaired) electrons. The Morgan fingerprint density at radius 3 is 3.00 bits per heavy atom. The zero-order valence-electron chi connectivity index (χ0n) is 14.5. The second kappa shape index (κ2) is 8.89. The molecule has 23 heavy (non-hydrogen) atoms. The summed E-state index contributed by atoms with van der Waals surface area (Å²) in [6.07, 6.45) is 1.02. The molecule has 1 aliphatic rings. The van der Waals surface area contributed by atoms with Gasteiger partial charge in [-0.25, -0.2) is 4.79 Å². The van der Waals surface area contributed by atoms with E-state index in [4.69, 9.17) is 4.74 Å². The number of nitrogens with zero attached hydrogens (tertiary/aromatic N) is 1. The summed E-state index contributed by atoms with van der Waals surface area (Å²) in [6, 6.07) is 7.74. The van der Waals surface area contributed by atoms with E-state index in [-0.39, 0.29) is 12.1 Å². The van der Waals surface area contributed by atoms with E-state index < -0.39 is 0 Å². The summed E-state index contributed by atoms with van der Waals surface area (Å²) in [5.41, 5.74) is 2.04. The van der Waals surface area contributed by atoms with Crippen LogP contribution >= 0.6 is 0 Å². The number of carbonyl (C=O) groups excluding carboxylic acids is 1. The minimum absolute atomic E-state index is 0.0650. The lowest BCUT2D eigenvalue weighted by Gasteiger charge is -2.33. The number of nitrogens with one attached hydrogen (secondary N) is 2. The summed E-state index contributed by atoms with van der Waals surface area (Å²) < 4.78 is 5.74. The molecule has 2 N–H and O–H groups in total. The molecule has 128 valence electrons. The first kappa shape index (κ1) is 17.8. The van der Waals surface area contributed by atoms with Gasteiger partial charge in [-0.2, -0.15) is 0 Å². The van der Waals surface area contributed by atoms with Crippen LogP contribution in [0.15, 0.2) is 24.3 Å². The predicted octanol–water partition coefficient (Wildman–Crippen LogP) is 2.73. The first-order valence-electron chi connectivity index (χ1n) is 8.54. The van der Waals surface area contributed by atoms with E-state index in [0.717, 1.165) is 38.3 Å². The van der Waals surface area contributed by atoms with E-state index in [0.29, 0.717) is 12.5 Å². The normalized spacial score (nSPS) is 18.9. The second-order valence-corrected chi connectivity index (χ2v) is 6.54. The van der Waals surface area contributed by atoms with Crippen molar-refractivity contribution in [2.24, 2.45) is 5.92 Å². The molecule has 1 aliphatic heterocycles. The third-order valence-electron chi connectivity index (χ3n) is 3.93. The quantitative estimate of drug-likeness (QED) is 0.848. The zero-order chi connectivity index (χ0) is 16.7. The minimum atomic E-state index is -0.178. The Bertz CT molecular complexity index is 505. The molecule has 0 aromatic heterocycles. The molecule has 1 atom stereocenters. The minimum Gasteiger partial charge on any atom is -0.374 e. The molecule has 5 nitrogen and oxygen atoms in total. The van der Waals surface area contributed by atoms with Crippen LogP contribution in [0.5, 0.6) is 0 Å². The van der Waals surface area contributed by atoms with Gasteiger partial charge in [-0.15, -0.1) is 0 Å². The number of aryl methyl sites for hydroxylation is 1. The second-order valence-electron chi connectivity index (χ2n) is 6.54. The van der Waals surface area contributed by atoms with Crippen molar-refractivity contribution in [3.05, 3.63) is 29.8 Å². The highest BCUT2D eigenvalue weighted by atomic mass is 16.5. The van der Waals surface area contributed by atoms with Gasteiger partial charge in [-0.3, -0.25) is 4.90 Å². The van der Waals surface area contributed by atoms with Gasteiger partial charge in [-0.1, -0.05) is 32.9 Å². The molecule has 0 bridgehead atoms. The molecule has 2 amide bonds. The van der Waals surface area contributed by atoms with Gasteiger partial charge < -0.3 is 15.4 Å². The maximum absolute atomic E-state index is 12.0. The fourth-order valence-electron chi connectivity index (χ4n) is 2.84. The fraction of sp³-hybridized carbons (Fsp3) is 0.611. The van der Waals surface area contributed by atoms with Crippen molar-refractivity contribution >= 4 is 11.7 Å². The highest BCUT2D eigenvalue weighted by molar-refractivity contribution is 5.89. The average Bonchev–Trinajstić information content (AvgIpc) is 2.53. The Kier molecular flexibility index (Phi) is 6.86. The Balaban J connectivity index is 1.75. The van der Waals surface area contributed by atoms with Crippen molar-refractivity contribution in [1.82, 2.24) is 10.2 Å². The van der Waals surface area contributed by atoms with E-state index in [9.17, 15) is 4.79 Å². The molecule has 1 aromatic carbocycles. The number of anilines is 1. The summed E-state index contributed by atoms with van der Waals surface area (Å²) in [6.45, 7) is 10.8. The first-order valence-corrected chi connectivity index (χ1v) is 8.54. The number of urea groups is 1. The molecule has 1 fully saturated rings. The highest BCUT2D eigenvalue weighted by Crippen LogP contribution is 2.11. The predicted molar refractivity (Wildman–Crippen MR) is 93.9 cm³/mol. The lowest BCUT2D eigenvalue weighted by Crippen LogP contribution is -2.48. The van der Waals surface area contributed by atoms with E-state index in [1.807, 2.05) is 18.2 Å². The molecule has 5 heteroatoms. The van der Waals surface area contributed by atoms with Crippen LogP contribution in [0.25, 0.3) is 0 Å². The molecular formula is C18H29N3O2. The maximum Gasteiger partial charge on any atom is 0.319 e. The summed E-state index contributed by atoms with van der Waals surface area (Å²) in [5.74, 6) is 0.649. The number of benzene rings is 1. The maximum atomic E-state index is 12.0. The molecule has 1 saturated heterocycles. The van der Waals surface area contributed by atoms with Gasteiger partial charge in [0.2, 0.25) is 0 Å². The van der Waals surface area contributed by atoms with E-state index >= 15 is 0 Å². The van der Waals surface area contributed by atoms with Gasteiger partial charge in [0.05, 0.1) is 12.7 Å². The fourth-order valence-corrected chi connectivity index (χ4v) is 2.84. The highest BCUT2D eigenvalue weighted by Gasteiger charge is 2.21. The average molecular weight is 319 g/mol. The Morgan fingerprint density at radius 2 is 2.26 bits per heavy atom. The van der Waals surface area contributed by atoms with Crippen molar-refractivity contribution in [3.8, 4) is 0 Å². The lowest BCUT2D eigenvalue weighted by atomic mass is 10.1. The van der Waals surface area contributed by atoms with Crippen molar-refractivity contribution in [1.29, 1.82) is 0 Å². The number of hydrogen-bond donors (Lipinski definition) is 2. The smallest absolute Gasteiger partial charge is 0.319 e. The van der Waals surface area contributed by atoms with Crippen LogP contribution in [0.4, 0.5) is 10.5 Å². The topological polar surface area (TPSA) is 53.6 Å². The van der Waals surface area contributed by atoms with Crippen LogP contribution in [-0.4, -0.2) is 49.8 Å². The van der Waals surface area contributed by atoms with Gasteiger partial charge in [-0.05, 0) is 30.0 Å². The van der Waals surface area contributed by atoms with Crippen LogP contribution in [0, 0.1) is 5.92 Å². The first-order chi connectivity index (χ1) is 11.1. The van der Waals surface area contributed by atoms with Crippen LogP contribution in [0.2, 0.25) is 0 Å². The summed E-state index contributed by atoms with van der Waals surface area (Å²) in [7, 11) is 0. The van der Waals surface area contributed by atoms with Crippen molar-refractivity contribution in [2.45, 2.75) is 33.3 Å². The van der Waals surface area contributed by atoms with E-state index in [1.54, 1.807) is 0 Å². The number of ether oxygens (including phenoxy) is 1. The Morgan fingerprint density at radius 1 is 1.43 bits per heavy atom. The standard InChI is InChI=1S/C18H29N3O2/c1-4-15-6-5-7-16(10-15)20-18(22)19-11-17-13-21(8-9-23-17)12-14(2)3/h5-7,10,14,17H,4,8-9,11-13H2,1-3H3,(H2,19,20,22). The third-order valence-corrected chi connectivity index (χ3v) is 3.93. The van der Waals surface area contributed by atoms with Crippen LogP contribution < -0.4 is 10.6 Å². The van der Waals surface area contributed by atoms with Gasteiger partial charge in [0.25, 0.3) is 0 Å². The number of morpholine rings is 1. The molecule has 0 saturated carbocycles. The van der Waals surface area contributed by atoms with Crippen LogP contribution in [0.3, 0.4) is 0 Å². The Hall–Kier alpha value is -1.59. The molecular weight excluding hydrogens is 290 g/mol. The Labute approximate surface area is 139 Å². The molecule has 2 rings (SSSR count). The SMILES string of the molecule is CCc1cccc(NC(=O)NCC2CN(CC(C)C)CCO2)c1. The number of hydrogen-bond acceptors (Lipinski definition) is 3. The van der Waals surface area contributed by atoms with Crippen LogP contribution in [0.1, 0.15) is 26.3 Å². The van der Waals surface area contributed by atoms with Gasteiger partial charge in [0.1, 0.15) is 0 Å². The monoisotopic (exact) mass is 319 g/mol. The van der Waals surface area contributed by atoms with Crippen molar-refractivity contribution in [3.63, 3.8) is 0 Å². The van der Waals surface area contributed by atoms with Crippen molar-refractivity contribution < 1.29 is 9.53 Å². The van der Waals surface area contributed by atoms with E-state index in [1.165, 1.54) is 5.56 Å². The number of carbonyl (C=O) groups is 1.